The van der Waals surface area contributed by atoms with E-state index in [1.54, 1.807) is 24.0 Å². The molecule has 2 aliphatic rings. The number of hydrogen-bond acceptors (Lipinski definition) is 9. The van der Waals surface area contributed by atoms with Crippen LogP contribution in [0, 0.1) is 0 Å². The number of imidazole rings is 1. The zero-order valence-electron chi connectivity index (χ0n) is 19.5. The molecular weight excluding hydrogens is 462 g/mol. The summed E-state index contributed by atoms with van der Waals surface area (Å²) in [7, 11) is 0. The molecule has 2 saturated heterocycles. The predicted octanol–water partition coefficient (Wildman–Crippen LogP) is 2.61. The summed E-state index contributed by atoms with van der Waals surface area (Å²) in [5.74, 6) is 0.867. The van der Waals surface area contributed by atoms with Gasteiger partial charge >= 0.3 is 0 Å². The normalized spacial score (nSPS) is 21.6. The van der Waals surface area contributed by atoms with Gasteiger partial charge in [0.1, 0.15) is 12.6 Å². The quantitative estimate of drug-likeness (QED) is 0.441. The van der Waals surface area contributed by atoms with Gasteiger partial charge < -0.3 is 19.6 Å². The maximum atomic E-state index is 9.87. The first-order valence-electron chi connectivity index (χ1n) is 12.0. The van der Waals surface area contributed by atoms with Crippen LogP contribution < -0.4 is 9.80 Å². The lowest BCUT2D eigenvalue weighted by Crippen LogP contribution is -2.47. The minimum Gasteiger partial charge on any atom is -0.394 e. The summed E-state index contributed by atoms with van der Waals surface area (Å²) in [5, 5.41) is 12.0. The highest BCUT2D eigenvalue weighted by atomic mass is 32.1. The Balaban J connectivity index is 1.21. The summed E-state index contributed by atoms with van der Waals surface area (Å²) < 4.78 is 8.23. The Bertz CT molecular complexity index is 1240. The highest BCUT2D eigenvalue weighted by Crippen LogP contribution is 2.29. The Morgan fingerprint density at radius 3 is 2.54 bits per heavy atom. The molecule has 2 aliphatic heterocycles. The van der Waals surface area contributed by atoms with E-state index in [-0.39, 0.29) is 18.9 Å². The number of rotatable bonds is 6. The standard InChI is InChI=1S/C25H29N7O2S/c33-16-20-13-29(14-21-7-4-12-35-21)15-22(34-20)32-18-28-23-24(26-17-27-25(23)32)31-10-8-30(9-11-31)19-5-2-1-3-6-19/h1-7,12,17-18,20,22,33H,8-11,13-16H2/t20-,22+/m0/s1. The van der Waals surface area contributed by atoms with Crippen molar-refractivity contribution in [3.63, 3.8) is 0 Å². The molecular formula is C25H29N7O2S. The summed E-state index contributed by atoms with van der Waals surface area (Å²) in [4.78, 5) is 22.2. The number of thiophene rings is 1. The van der Waals surface area contributed by atoms with Gasteiger partial charge in [0, 0.05) is 56.4 Å². The first-order chi connectivity index (χ1) is 17.3. The number of aliphatic hydroxyl groups excluding tert-OH is 1. The molecule has 3 aromatic heterocycles. The van der Waals surface area contributed by atoms with Gasteiger partial charge in [-0.3, -0.25) is 9.47 Å². The first kappa shape index (κ1) is 22.4. The number of aromatic nitrogens is 4. The van der Waals surface area contributed by atoms with Gasteiger partial charge in [0.25, 0.3) is 0 Å². The summed E-state index contributed by atoms with van der Waals surface area (Å²) in [5.41, 5.74) is 2.81. The zero-order valence-corrected chi connectivity index (χ0v) is 20.3. The third-order valence-electron chi connectivity index (χ3n) is 6.74. The van der Waals surface area contributed by atoms with Gasteiger partial charge in [-0.25, -0.2) is 15.0 Å². The van der Waals surface area contributed by atoms with Crippen LogP contribution in [0.25, 0.3) is 11.2 Å². The van der Waals surface area contributed by atoms with Gasteiger partial charge in [-0.1, -0.05) is 24.3 Å². The minimum atomic E-state index is -0.274. The monoisotopic (exact) mass is 491 g/mol. The number of morpholine rings is 1. The molecule has 0 amide bonds. The molecule has 0 aliphatic carbocycles. The topological polar surface area (TPSA) is 82.8 Å². The Morgan fingerprint density at radius 1 is 0.943 bits per heavy atom. The van der Waals surface area contributed by atoms with Gasteiger partial charge in [0.2, 0.25) is 0 Å². The van der Waals surface area contributed by atoms with Crippen LogP contribution in [-0.4, -0.2) is 81.5 Å². The second-order valence-corrected chi connectivity index (χ2v) is 10.0. The molecule has 6 rings (SSSR count). The SMILES string of the molecule is OC[C@@H]1CN(Cc2cccs2)C[C@H](n2cnc3c(N4CCN(c5ccccc5)CC4)ncnc32)O1. The Hall–Kier alpha value is -3.05. The number of aliphatic hydroxyl groups is 1. The molecule has 0 bridgehead atoms. The van der Waals surface area contributed by atoms with E-state index in [9.17, 15) is 5.11 Å². The van der Waals surface area contributed by atoms with Crippen molar-refractivity contribution >= 4 is 34.0 Å². The maximum absolute atomic E-state index is 9.87. The predicted molar refractivity (Wildman–Crippen MR) is 137 cm³/mol. The van der Waals surface area contributed by atoms with Crippen molar-refractivity contribution in [2.75, 3.05) is 55.7 Å². The summed E-state index contributed by atoms with van der Waals surface area (Å²) in [6.07, 6.45) is 2.90. The summed E-state index contributed by atoms with van der Waals surface area (Å²) >= 11 is 1.75. The van der Waals surface area contributed by atoms with Crippen LogP contribution in [0.1, 0.15) is 11.1 Å². The smallest absolute Gasteiger partial charge is 0.167 e. The van der Waals surface area contributed by atoms with Crippen LogP contribution in [0.5, 0.6) is 0 Å². The van der Waals surface area contributed by atoms with Gasteiger partial charge in [0.15, 0.2) is 17.0 Å². The molecule has 0 unspecified atom stereocenters. The molecule has 182 valence electrons. The van der Waals surface area contributed by atoms with Gasteiger partial charge in [-0.2, -0.15) is 0 Å². The molecule has 2 atom stereocenters. The Kier molecular flexibility index (Phi) is 6.34. The van der Waals surface area contributed by atoms with Crippen molar-refractivity contribution in [1.82, 2.24) is 24.4 Å². The van der Waals surface area contributed by atoms with Gasteiger partial charge in [0.05, 0.1) is 19.0 Å². The molecule has 9 nitrogen and oxygen atoms in total. The molecule has 10 heteroatoms. The van der Waals surface area contributed by atoms with Crippen molar-refractivity contribution in [1.29, 1.82) is 0 Å². The van der Waals surface area contributed by atoms with E-state index in [2.05, 4.69) is 66.4 Å². The van der Waals surface area contributed by atoms with Gasteiger partial charge in [-0.05, 0) is 23.6 Å². The van der Waals surface area contributed by atoms with Crippen LogP contribution in [0.2, 0.25) is 0 Å². The lowest BCUT2D eigenvalue weighted by atomic mass is 10.2. The second kappa shape index (κ2) is 9.90. The number of anilines is 2. The number of benzene rings is 1. The fraction of sp³-hybridized carbons (Fsp3) is 0.400. The lowest BCUT2D eigenvalue weighted by molar-refractivity contribution is -0.135. The van der Waals surface area contributed by atoms with E-state index in [1.165, 1.54) is 10.6 Å². The van der Waals surface area contributed by atoms with Crippen LogP contribution in [0.15, 0.2) is 60.5 Å². The molecule has 0 saturated carbocycles. The lowest BCUT2D eigenvalue weighted by Gasteiger charge is -2.38. The van der Waals surface area contributed by atoms with E-state index in [0.717, 1.165) is 49.7 Å². The van der Waals surface area contributed by atoms with E-state index < -0.39 is 0 Å². The van der Waals surface area contributed by atoms with Crippen LogP contribution in [0.4, 0.5) is 11.5 Å². The van der Waals surface area contributed by atoms with E-state index in [0.29, 0.717) is 13.1 Å². The van der Waals surface area contributed by atoms with Crippen molar-refractivity contribution < 1.29 is 9.84 Å². The number of para-hydroxylation sites is 1. The molecule has 4 aromatic rings. The fourth-order valence-corrected chi connectivity index (χ4v) is 5.74. The zero-order chi connectivity index (χ0) is 23.6. The average Bonchev–Trinajstić information content (AvgIpc) is 3.59. The van der Waals surface area contributed by atoms with Crippen LogP contribution in [0.3, 0.4) is 0 Å². The minimum absolute atomic E-state index is 0.0179. The average molecular weight is 492 g/mol. The van der Waals surface area contributed by atoms with E-state index in [4.69, 9.17) is 9.72 Å². The number of hydrogen-bond donors (Lipinski definition) is 1. The third kappa shape index (κ3) is 4.62. The molecule has 1 N–H and O–H groups in total. The molecule has 1 aromatic carbocycles. The van der Waals surface area contributed by atoms with Gasteiger partial charge in [-0.15, -0.1) is 11.3 Å². The number of nitrogens with zero attached hydrogens (tertiary/aromatic N) is 7. The first-order valence-corrected chi connectivity index (χ1v) is 12.9. The largest absolute Gasteiger partial charge is 0.394 e. The van der Waals surface area contributed by atoms with E-state index in [1.807, 2.05) is 10.6 Å². The third-order valence-corrected chi connectivity index (χ3v) is 7.60. The highest BCUT2D eigenvalue weighted by molar-refractivity contribution is 7.09. The van der Waals surface area contributed by atoms with Crippen molar-refractivity contribution in [2.45, 2.75) is 18.9 Å². The number of piperazine rings is 1. The summed E-state index contributed by atoms with van der Waals surface area (Å²) in [6.45, 7) is 5.82. The summed E-state index contributed by atoms with van der Waals surface area (Å²) in [6, 6.07) is 14.7. The molecule has 5 heterocycles. The second-order valence-electron chi connectivity index (χ2n) is 9.00. The molecule has 0 radical (unpaired) electrons. The number of ether oxygens (including phenoxy) is 1. The van der Waals surface area contributed by atoms with Crippen molar-refractivity contribution in [3.8, 4) is 0 Å². The maximum Gasteiger partial charge on any atom is 0.167 e. The Morgan fingerprint density at radius 2 is 1.77 bits per heavy atom. The van der Waals surface area contributed by atoms with Crippen molar-refractivity contribution in [3.05, 3.63) is 65.4 Å². The van der Waals surface area contributed by atoms with Crippen LogP contribution in [-0.2, 0) is 11.3 Å². The van der Waals surface area contributed by atoms with E-state index >= 15 is 0 Å². The van der Waals surface area contributed by atoms with Crippen molar-refractivity contribution in [2.24, 2.45) is 0 Å². The fourth-order valence-electron chi connectivity index (χ4n) is 4.99. The highest BCUT2D eigenvalue weighted by Gasteiger charge is 2.31. The van der Waals surface area contributed by atoms with Crippen LogP contribution >= 0.6 is 11.3 Å². The molecule has 35 heavy (non-hydrogen) atoms. The number of fused-ring (bicyclic) bond motifs is 1. The molecule has 0 spiro atoms. The molecule has 2 fully saturated rings. The Labute approximate surface area is 208 Å².